The Morgan fingerprint density at radius 2 is 2.00 bits per heavy atom. The molecule has 1 aliphatic heterocycles. The Bertz CT molecular complexity index is 1770. The Labute approximate surface area is 255 Å². The molecule has 0 saturated carbocycles. The SMILES string of the molecule is [B]C([B])([B])Oc1ccc(F)c(F)c1-c1nccc(C(=O)Nc2ccc(-c3cnccc3C#N)cc2N2CC(N)CC2CO)n1. The van der Waals surface area contributed by atoms with E-state index in [9.17, 15) is 23.9 Å². The minimum atomic E-state index is -2.23. The maximum atomic E-state index is 14.9. The van der Waals surface area contributed by atoms with Crippen LogP contribution in [0.5, 0.6) is 5.75 Å². The van der Waals surface area contributed by atoms with Gasteiger partial charge < -0.3 is 25.8 Å². The summed E-state index contributed by atoms with van der Waals surface area (Å²) in [7, 11) is 16.5. The van der Waals surface area contributed by atoms with E-state index in [1.807, 2.05) is 4.90 Å². The largest absolute Gasteiger partial charge is 0.515 e. The minimum Gasteiger partial charge on any atom is -0.515 e. The van der Waals surface area contributed by atoms with Crippen molar-refractivity contribution in [1.29, 1.82) is 5.26 Å². The number of carbonyl (C=O) groups excluding carboxylic acids is 1. The molecule has 15 heteroatoms. The number of nitriles is 1. The van der Waals surface area contributed by atoms with Gasteiger partial charge in [0, 0.05) is 36.7 Å². The average molecular weight is 587 g/mol. The molecule has 6 radical (unpaired) electrons. The maximum Gasteiger partial charge on any atom is 0.274 e. The normalized spacial score (nSPS) is 16.4. The summed E-state index contributed by atoms with van der Waals surface area (Å²) in [5.74, 6) is -4.05. The van der Waals surface area contributed by atoms with Crippen molar-refractivity contribution >= 4 is 40.8 Å². The highest BCUT2D eigenvalue weighted by Crippen LogP contribution is 2.37. The van der Waals surface area contributed by atoms with E-state index in [2.05, 4.69) is 26.3 Å². The first-order valence-corrected chi connectivity index (χ1v) is 13.3. The summed E-state index contributed by atoms with van der Waals surface area (Å²) in [6.07, 6.45) is 4.77. The van der Waals surface area contributed by atoms with Gasteiger partial charge in [-0.3, -0.25) is 9.78 Å². The van der Waals surface area contributed by atoms with Gasteiger partial charge in [-0.1, -0.05) is 6.07 Å². The van der Waals surface area contributed by atoms with E-state index in [1.165, 1.54) is 18.5 Å². The number of anilines is 2. The molecule has 3 heterocycles. The van der Waals surface area contributed by atoms with Crippen LogP contribution in [0, 0.1) is 23.0 Å². The van der Waals surface area contributed by atoms with Crippen molar-refractivity contribution < 1.29 is 23.4 Å². The predicted molar refractivity (Wildman–Crippen MR) is 161 cm³/mol. The van der Waals surface area contributed by atoms with Gasteiger partial charge in [-0.15, -0.1) is 0 Å². The van der Waals surface area contributed by atoms with Crippen LogP contribution in [0.4, 0.5) is 20.2 Å². The molecule has 2 aromatic heterocycles. The molecule has 1 amide bonds. The lowest BCUT2D eigenvalue weighted by atomic mass is 9.52. The van der Waals surface area contributed by atoms with Crippen molar-refractivity contribution in [3.8, 4) is 34.3 Å². The molecule has 44 heavy (non-hydrogen) atoms. The number of benzene rings is 2. The zero-order valence-electron chi connectivity index (χ0n) is 23.1. The van der Waals surface area contributed by atoms with E-state index >= 15 is 0 Å². The number of amides is 1. The number of carbonyl (C=O) groups is 1. The van der Waals surface area contributed by atoms with Crippen LogP contribution < -0.4 is 20.7 Å². The Morgan fingerprint density at radius 1 is 1.20 bits per heavy atom. The number of hydrogen-bond donors (Lipinski definition) is 3. The number of rotatable bonds is 8. The van der Waals surface area contributed by atoms with Crippen LogP contribution >= 0.6 is 0 Å². The first-order chi connectivity index (χ1) is 21.0. The number of ether oxygens (including phenoxy) is 1. The van der Waals surface area contributed by atoms with Gasteiger partial charge in [0.05, 0.1) is 41.2 Å². The quantitative estimate of drug-likeness (QED) is 0.263. The van der Waals surface area contributed by atoms with E-state index in [0.29, 0.717) is 41.0 Å². The minimum absolute atomic E-state index is 0.184. The van der Waals surface area contributed by atoms with E-state index in [4.69, 9.17) is 34.0 Å². The molecule has 2 unspecified atom stereocenters. The van der Waals surface area contributed by atoms with E-state index in [1.54, 1.807) is 30.5 Å². The summed E-state index contributed by atoms with van der Waals surface area (Å²) in [5, 5.41) is 20.2. The Kier molecular flexibility index (Phi) is 8.67. The molecule has 1 aliphatic rings. The molecule has 2 aromatic carbocycles. The topological polar surface area (TPSA) is 150 Å². The number of nitrogens with zero attached hydrogens (tertiary/aromatic N) is 5. The van der Waals surface area contributed by atoms with Crippen LogP contribution in [-0.4, -0.2) is 80.0 Å². The number of halogens is 2. The molecule has 0 aliphatic carbocycles. The van der Waals surface area contributed by atoms with Crippen molar-refractivity contribution in [3.63, 3.8) is 0 Å². The summed E-state index contributed by atoms with van der Waals surface area (Å²) in [6.45, 7) is 0.204. The molecule has 1 fully saturated rings. The molecular weight excluding hydrogens is 565 g/mol. The van der Waals surface area contributed by atoms with Gasteiger partial charge in [0.15, 0.2) is 17.5 Å². The number of aliphatic hydroxyl groups excluding tert-OH is 1. The standard InChI is InChI=1S/C29H22B3F2N7O3/c30-29(31,32)44-24-4-2-20(33)26(34)25(24)27-38-8-6-22(39-27)28(43)40-21-3-1-15(19-12-37-7-5-16(19)11-35)9-23(21)41-13-17(36)10-18(41)14-42/h1-9,12,17-18,42H,10,13-14,36H2,(H,40,43). The predicted octanol–water partition coefficient (Wildman–Crippen LogP) is 2.00. The fourth-order valence-electron chi connectivity index (χ4n) is 4.99. The van der Waals surface area contributed by atoms with E-state index < -0.39 is 34.2 Å². The summed E-state index contributed by atoms with van der Waals surface area (Å²) in [6, 6.07) is 11.4. The van der Waals surface area contributed by atoms with Crippen molar-refractivity contribution in [1.82, 2.24) is 15.0 Å². The highest BCUT2D eigenvalue weighted by molar-refractivity contribution is 6.58. The number of nitrogens with two attached hydrogens (primary N) is 1. The van der Waals surface area contributed by atoms with Crippen LogP contribution in [0.1, 0.15) is 22.5 Å². The van der Waals surface area contributed by atoms with Crippen molar-refractivity contribution in [2.45, 2.75) is 23.8 Å². The van der Waals surface area contributed by atoms with Crippen molar-refractivity contribution in [3.05, 3.63) is 83.9 Å². The van der Waals surface area contributed by atoms with Crippen LogP contribution in [0.3, 0.4) is 0 Å². The summed E-state index contributed by atoms with van der Waals surface area (Å²) in [4.78, 5) is 27.6. The molecule has 4 aromatic rings. The average Bonchev–Trinajstić information content (AvgIpc) is 3.39. The summed E-state index contributed by atoms with van der Waals surface area (Å²) < 4.78 is 34.3. The number of aliphatic hydroxyl groups is 1. The Balaban J connectivity index is 1.54. The van der Waals surface area contributed by atoms with E-state index in [-0.39, 0.29) is 30.1 Å². The molecule has 4 N–H and O–H groups in total. The summed E-state index contributed by atoms with van der Waals surface area (Å²) in [5.41, 5.74) is 7.96. The van der Waals surface area contributed by atoms with Crippen LogP contribution in [0.2, 0.25) is 0 Å². The second kappa shape index (κ2) is 12.4. The number of hydrogen-bond acceptors (Lipinski definition) is 9. The molecule has 214 valence electrons. The van der Waals surface area contributed by atoms with Gasteiger partial charge >= 0.3 is 0 Å². The molecule has 0 bridgehead atoms. The zero-order chi connectivity index (χ0) is 31.6. The first kappa shape index (κ1) is 30.7. The van der Waals surface area contributed by atoms with Gasteiger partial charge in [-0.05, 0) is 53.7 Å². The second-order valence-corrected chi connectivity index (χ2v) is 10.2. The van der Waals surface area contributed by atoms with Crippen LogP contribution in [0.25, 0.3) is 22.5 Å². The lowest BCUT2D eigenvalue weighted by molar-refractivity contribution is 0.102. The highest BCUT2D eigenvalue weighted by Gasteiger charge is 2.32. The first-order valence-electron chi connectivity index (χ1n) is 13.3. The van der Waals surface area contributed by atoms with Gasteiger partial charge in [0.25, 0.3) is 5.91 Å². The van der Waals surface area contributed by atoms with Gasteiger partial charge in [-0.25, -0.2) is 18.7 Å². The van der Waals surface area contributed by atoms with Crippen LogP contribution in [-0.2, 0) is 0 Å². The molecule has 1 saturated heterocycles. The number of pyridine rings is 1. The second-order valence-electron chi connectivity index (χ2n) is 10.2. The molecule has 2 atom stereocenters. The molecule has 0 spiro atoms. The van der Waals surface area contributed by atoms with E-state index in [0.717, 1.165) is 12.1 Å². The van der Waals surface area contributed by atoms with Gasteiger partial charge in [0.1, 0.15) is 35.0 Å². The third-order valence-corrected chi connectivity index (χ3v) is 6.92. The smallest absolute Gasteiger partial charge is 0.274 e. The monoisotopic (exact) mass is 587 g/mol. The van der Waals surface area contributed by atoms with Crippen molar-refractivity contribution in [2.75, 3.05) is 23.4 Å². The van der Waals surface area contributed by atoms with Crippen molar-refractivity contribution in [2.24, 2.45) is 5.73 Å². The Morgan fingerprint density at radius 3 is 2.73 bits per heavy atom. The molecular formula is C29H22B3F2N7O3. The fraction of sp³-hybridized carbons (Fsp3) is 0.207. The maximum absolute atomic E-state index is 14.9. The summed E-state index contributed by atoms with van der Waals surface area (Å²) >= 11 is 0. The Hall–Kier alpha value is -4.80. The zero-order valence-corrected chi connectivity index (χ0v) is 23.1. The van der Waals surface area contributed by atoms with Gasteiger partial charge in [-0.2, -0.15) is 5.26 Å². The third-order valence-electron chi connectivity index (χ3n) is 6.92. The van der Waals surface area contributed by atoms with Crippen LogP contribution in [0.15, 0.2) is 61.1 Å². The molecule has 5 rings (SSSR count). The number of aromatic nitrogens is 3. The number of nitrogens with one attached hydrogen (secondary N) is 1. The lowest BCUT2D eigenvalue weighted by Gasteiger charge is -2.28. The third kappa shape index (κ3) is 6.41. The fourth-order valence-corrected chi connectivity index (χ4v) is 4.99. The van der Waals surface area contributed by atoms with Gasteiger partial charge in [0.2, 0.25) is 0 Å². The lowest BCUT2D eigenvalue weighted by Crippen LogP contribution is -2.37. The highest BCUT2D eigenvalue weighted by atomic mass is 19.2. The molecule has 10 nitrogen and oxygen atoms in total.